The van der Waals surface area contributed by atoms with E-state index in [0.717, 1.165) is 30.2 Å². The lowest BCUT2D eigenvalue weighted by Gasteiger charge is -2.07. The maximum absolute atomic E-state index is 11.7. The molecule has 0 radical (unpaired) electrons. The van der Waals surface area contributed by atoms with E-state index in [-0.39, 0.29) is 30.7 Å². The first-order chi connectivity index (χ1) is 8.65. The molecule has 1 aliphatic heterocycles. The maximum atomic E-state index is 11.7. The van der Waals surface area contributed by atoms with Crippen molar-refractivity contribution in [1.82, 2.24) is 15.6 Å². The molecule has 1 aliphatic rings. The summed E-state index contributed by atoms with van der Waals surface area (Å²) >= 11 is 1.66. The molecule has 0 bridgehead atoms. The molecule has 1 saturated heterocycles. The van der Waals surface area contributed by atoms with Crippen molar-refractivity contribution < 1.29 is 4.79 Å². The topological polar surface area (TPSA) is 54.0 Å². The molecule has 4 nitrogen and oxygen atoms in total. The third kappa shape index (κ3) is 5.95. The Kier molecular flexibility index (Phi) is 9.38. The van der Waals surface area contributed by atoms with Crippen molar-refractivity contribution in [2.75, 3.05) is 13.1 Å². The van der Waals surface area contributed by atoms with Gasteiger partial charge in [0.15, 0.2) is 0 Å². The van der Waals surface area contributed by atoms with E-state index in [9.17, 15) is 4.79 Å². The summed E-state index contributed by atoms with van der Waals surface area (Å²) in [7, 11) is 0. The summed E-state index contributed by atoms with van der Waals surface area (Å²) in [6.45, 7) is 6.80. The van der Waals surface area contributed by atoms with Crippen molar-refractivity contribution in [1.29, 1.82) is 0 Å². The van der Waals surface area contributed by atoms with E-state index in [1.807, 2.05) is 6.92 Å². The Hall–Kier alpha value is -0.360. The van der Waals surface area contributed by atoms with E-state index in [4.69, 9.17) is 0 Å². The molecule has 7 heteroatoms. The van der Waals surface area contributed by atoms with E-state index in [1.54, 1.807) is 11.3 Å². The molecule has 2 rings (SSSR count). The maximum Gasteiger partial charge on any atom is 0.220 e. The van der Waals surface area contributed by atoms with Crippen LogP contribution in [0.2, 0.25) is 0 Å². The number of carbonyl (C=O) groups excluding carboxylic acids is 1. The van der Waals surface area contributed by atoms with Crippen LogP contribution in [0.25, 0.3) is 0 Å². The van der Waals surface area contributed by atoms with Gasteiger partial charge in [-0.3, -0.25) is 4.79 Å². The zero-order valence-corrected chi connectivity index (χ0v) is 14.3. The molecule has 0 aliphatic carbocycles. The van der Waals surface area contributed by atoms with Crippen molar-refractivity contribution in [2.45, 2.75) is 39.7 Å². The van der Waals surface area contributed by atoms with Gasteiger partial charge in [-0.1, -0.05) is 0 Å². The lowest BCUT2D eigenvalue weighted by atomic mass is 10.0. The molecule has 2 heterocycles. The fourth-order valence-electron chi connectivity index (χ4n) is 2.17. The number of aromatic nitrogens is 1. The average Bonchev–Trinajstić information content (AvgIpc) is 2.95. The van der Waals surface area contributed by atoms with Gasteiger partial charge >= 0.3 is 0 Å². The van der Waals surface area contributed by atoms with E-state index in [1.165, 1.54) is 11.3 Å². The van der Waals surface area contributed by atoms with Crippen molar-refractivity contribution in [3.05, 3.63) is 15.6 Å². The van der Waals surface area contributed by atoms with E-state index in [2.05, 4.69) is 22.5 Å². The Bertz CT molecular complexity index is 400. The molecular weight excluding hydrogens is 317 g/mol. The number of hydrogen-bond acceptors (Lipinski definition) is 4. The first-order valence-electron chi connectivity index (χ1n) is 6.55. The number of hydrogen-bond donors (Lipinski definition) is 2. The van der Waals surface area contributed by atoms with Gasteiger partial charge in [0.2, 0.25) is 5.91 Å². The summed E-state index contributed by atoms with van der Waals surface area (Å²) in [6.07, 6.45) is 2.84. The number of amides is 1. The van der Waals surface area contributed by atoms with Crippen LogP contribution in [0.1, 0.15) is 34.8 Å². The predicted molar refractivity (Wildman–Crippen MR) is 88.1 cm³/mol. The standard InChI is InChI=1S/C13H21N3OS.2ClH/c1-9-10(2)18-13(16-9)8-15-12(17)4-3-11-5-6-14-7-11;;/h11,14H,3-8H2,1-2H3,(H,15,17);2*1H. The minimum Gasteiger partial charge on any atom is -0.350 e. The summed E-state index contributed by atoms with van der Waals surface area (Å²) in [4.78, 5) is 17.4. The minimum absolute atomic E-state index is 0. The Morgan fingerprint density at radius 3 is 2.75 bits per heavy atom. The van der Waals surface area contributed by atoms with Crippen LogP contribution in [0.4, 0.5) is 0 Å². The molecule has 1 amide bonds. The lowest BCUT2D eigenvalue weighted by Crippen LogP contribution is -2.23. The zero-order chi connectivity index (χ0) is 13.0. The van der Waals surface area contributed by atoms with Gasteiger partial charge < -0.3 is 10.6 Å². The number of aryl methyl sites for hydroxylation is 2. The van der Waals surface area contributed by atoms with Crippen LogP contribution >= 0.6 is 36.2 Å². The van der Waals surface area contributed by atoms with Crippen molar-refractivity contribution in [2.24, 2.45) is 5.92 Å². The summed E-state index contributed by atoms with van der Waals surface area (Å²) in [5.41, 5.74) is 1.07. The van der Waals surface area contributed by atoms with Gasteiger partial charge in [-0.15, -0.1) is 36.2 Å². The van der Waals surface area contributed by atoms with Crippen molar-refractivity contribution >= 4 is 42.1 Å². The Morgan fingerprint density at radius 2 is 2.20 bits per heavy atom. The van der Waals surface area contributed by atoms with Gasteiger partial charge in [0.25, 0.3) is 0 Å². The molecule has 20 heavy (non-hydrogen) atoms. The number of nitrogens with zero attached hydrogens (tertiary/aromatic N) is 1. The van der Waals surface area contributed by atoms with Crippen LogP contribution in [0.3, 0.4) is 0 Å². The summed E-state index contributed by atoms with van der Waals surface area (Å²) < 4.78 is 0. The molecule has 1 aromatic rings. The van der Waals surface area contributed by atoms with E-state index >= 15 is 0 Å². The zero-order valence-electron chi connectivity index (χ0n) is 11.9. The fraction of sp³-hybridized carbons (Fsp3) is 0.692. The quantitative estimate of drug-likeness (QED) is 0.866. The lowest BCUT2D eigenvalue weighted by molar-refractivity contribution is -0.121. The molecule has 1 aromatic heterocycles. The summed E-state index contributed by atoms with van der Waals surface area (Å²) in [5.74, 6) is 0.826. The molecule has 116 valence electrons. The second kappa shape index (κ2) is 9.55. The second-order valence-corrected chi connectivity index (χ2v) is 6.21. The Labute approximate surface area is 137 Å². The smallest absolute Gasteiger partial charge is 0.220 e. The highest BCUT2D eigenvalue weighted by Gasteiger charge is 2.15. The predicted octanol–water partition coefficient (Wildman–Crippen LogP) is 2.61. The number of rotatable bonds is 5. The molecule has 2 N–H and O–H groups in total. The van der Waals surface area contributed by atoms with Crippen molar-refractivity contribution in [3.63, 3.8) is 0 Å². The van der Waals surface area contributed by atoms with Crippen molar-refractivity contribution in [3.8, 4) is 0 Å². The highest BCUT2D eigenvalue weighted by Crippen LogP contribution is 2.16. The Morgan fingerprint density at radius 1 is 1.45 bits per heavy atom. The highest BCUT2D eigenvalue weighted by molar-refractivity contribution is 7.11. The van der Waals surface area contributed by atoms with Gasteiger partial charge in [-0.05, 0) is 45.7 Å². The van der Waals surface area contributed by atoms with Crippen LogP contribution in [-0.2, 0) is 11.3 Å². The van der Waals surface area contributed by atoms with Gasteiger partial charge in [-0.2, -0.15) is 0 Å². The monoisotopic (exact) mass is 339 g/mol. The van der Waals surface area contributed by atoms with Crippen LogP contribution in [-0.4, -0.2) is 24.0 Å². The van der Waals surface area contributed by atoms with Gasteiger partial charge in [0.1, 0.15) is 5.01 Å². The first-order valence-corrected chi connectivity index (χ1v) is 7.37. The Balaban J connectivity index is 0.00000180. The molecule has 1 fully saturated rings. The summed E-state index contributed by atoms with van der Waals surface area (Å²) in [6, 6.07) is 0. The van der Waals surface area contributed by atoms with Crippen LogP contribution in [0.15, 0.2) is 0 Å². The summed E-state index contributed by atoms with van der Waals surface area (Å²) in [5, 5.41) is 7.28. The minimum atomic E-state index is 0. The molecular formula is C13H23Cl2N3OS. The van der Waals surface area contributed by atoms with Gasteiger partial charge in [-0.25, -0.2) is 4.98 Å². The van der Waals surface area contributed by atoms with Crippen LogP contribution < -0.4 is 10.6 Å². The molecule has 1 unspecified atom stereocenters. The number of nitrogens with one attached hydrogen (secondary N) is 2. The van der Waals surface area contributed by atoms with Gasteiger partial charge in [0.05, 0.1) is 12.2 Å². The van der Waals surface area contributed by atoms with E-state index < -0.39 is 0 Å². The SMILES string of the molecule is Cc1nc(CNC(=O)CCC2CCNC2)sc1C.Cl.Cl. The second-order valence-electron chi connectivity index (χ2n) is 4.92. The molecule has 0 aromatic carbocycles. The van der Waals surface area contributed by atoms with Crippen LogP contribution in [0.5, 0.6) is 0 Å². The highest BCUT2D eigenvalue weighted by atomic mass is 35.5. The normalized spacial score (nSPS) is 17.2. The van der Waals surface area contributed by atoms with Gasteiger partial charge in [0, 0.05) is 11.3 Å². The first kappa shape index (κ1) is 19.6. The molecule has 0 saturated carbocycles. The van der Waals surface area contributed by atoms with Crippen LogP contribution in [0, 0.1) is 19.8 Å². The third-order valence-electron chi connectivity index (χ3n) is 3.45. The fourth-order valence-corrected chi connectivity index (χ4v) is 3.05. The average molecular weight is 340 g/mol. The number of carbonyl (C=O) groups is 1. The van der Waals surface area contributed by atoms with E-state index in [0.29, 0.717) is 18.9 Å². The third-order valence-corrected chi connectivity index (χ3v) is 4.52. The largest absolute Gasteiger partial charge is 0.350 e. The molecule has 1 atom stereocenters. The molecule has 0 spiro atoms. The number of thiazole rings is 1. The number of halogens is 2.